The minimum atomic E-state index is -0.391. The van der Waals surface area contributed by atoms with Gasteiger partial charge >= 0.3 is 0 Å². The fourth-order valence-corrected chi connectivity index (χ4v) is 1.80. The van der Waals surface area contributed by atoms with Gasteiger partial charge in [0, 0.05) is 18.2 Å². The number of nitro benzene ring substituents is 1. The molecule has 0 heterocycles. The molecule has 0 spiro atoms. The fraction of sp³-hybridized carbons (Fsp3) is 0.455. The lowest BCUT2D eigenvalue weighted by Gasteiger charge is -2.12. The van der Waals surface area contributed by atoms with Gasteiger partial charge in [0.2, 0.25) is 0 Å². The number of nitrogens with zero attached hydrogens (tertiary/aromatic N) is 1. The molecule has 1 saturated carbocycles. The van der Waals surface area contributed by atoms with Crippen molar-refractivity contribution in [1.82, 2.24) is 5.32 Å². The molecule has 1 aliphatic rings. The van der Waals surface area contributed by atoms with Crippen LogP contribution in [0.4, 0.5) is 5.69 Å². The quantitative estimate of drug-likeness (QED) is 0.650. The SMILES string of the molecule is CC1(NCc2c(Cl)cccc2[N+](=O)[O-])CC1. The Bertz CT molecular complexity index is 430. The Morgan fingerprint density at radius 1 is 1.56 bits per heavy atom. The Morgan fingerprint density at radius 2 is 2.25 bits per heavy atom. The molecule has 1 aromatic rings. The van der Waals surface area contributed by atoms with Gasteiger partial charge in [0.25, 0.3) is 5.69 Å². The summed E-state index contributed by atoms with van der Waals surface area (Å²) in [6, 6.07) is 4.77. The minimum Gasteiger partial charge on any atom is -0.307 e. The highest BCUT2D eigenvalue weighted by atomic mass is 35.5. The third kappa shape index (κ3) is 2.33. The molecule has 0 unspecified atom stereocenters. The monoisotopic (exact) mass is 240 g/mol. The average molecular weight is 241 g/mol. The number of halogens is 1. The zero-order valence-electron chi connectivity index (χ0n) is 9.00. The molecule has 1 aliphatic carbocycles. The Labute approximate surface area is 98.8 Å². The maximum atomic E-state index is 10.8. The van der Waals surface area contributed by atoms with Crippen LogP contribution in [0, 0.1) is 10.1 Å². The highest BCUT2D eigenvalue weighted by Gasteiger charge is 2.37. The third-order valence-electron chi connectivity index (χ3n) is 2.98. The molecule has 1 aromatic carbocycles. The van der Waals surface area contributed by atoms with Gasteiger partial charge in [-0.1, -0.05) is 17.7 Å². The number of hydrogen-bond donors (Lipinski definition) is 1. The Kier molecular flexibility index (Phi) is 2.86. The molecule has 0 saturated heterocycles. The normalized spacial score (nSPS) is 17.1. The molecule has 16 heavy (non-hydrogen) atoms. The zero-order chi connectivity index (χ0) is 11.8. The van der Waals surface area contributed by atoms with Gasteiger partial charge in [0.1, 0.15) is 0 Å². The number of nitrogens with one attached hydrogen (secondary N) is 1. The van der Waals surface area contributed by atoms with Crippen molar-refractivity contribution in [1.29, 1.82) is 0 Å². The Hall–Kier alpha value is -1.13. The Morgan fingerprint density at radius 3 is 2.81 bits per heavy atom. The van der Waals surface area contributed by atoms with Crippen LogP contribution in [0.1, 0.15) is 25.3 Å². The summed E-state index contributed by atoms with van der Waals surface area (Å²) in [5.41, 5.74) is 0.805. The zero-order valence-corrected chi connectivity index (χ0v) is 9.75. The summed E-state index contributed by atoms with van der Waals surface area (Å²) in [5.74, 6) is 0. The second kappa shape index (κ2) is 4.03. The molecule has 0 amide bonds. The van der Waals surface area contributed by atoms with Crippen molar-refractivity contribution in [3.63, 3.8) is 0 Å². The standard InChI is InChI=1S/C11H13ClN2O2/c1-11(5-6-11)13-7-8-9(12)3-2-4-10(8)14(15)16/h2-4,13H,5-7H2,1H3. The smallest absolute Gasteiger partial charge is 0.275 e. The van der Waals surface area contributed by atoms with E-state index in [0.29, 0.717) is 17.1 Å². The van der Waals surface area contributed by atoms with Crippen molar-refractivity contribution in [2.45, 2.75) is 31.8 Å². The first-order valence-corrected chi connectivity index (χ1v) is 5.56. The van der Waals surface area contributed by atoms with E-state index in [1.807, 2.05) is 0 Å². The van der Waals surface area contributed by atoms with Crippen molar-refractivity contribution in [3.05, 3.63) is 38.9 Å². The molecule has 0 bridgehead atoms. The molecule has 4 nitrogen and oxygen atoms in total. The van der Waals surface area contributed by atoms with Gasteiger partial charge in [0.15, 0.2) is 0 Å². The van der Waals surface area contributed by atoms with E-state index in [-0.39, 0.29) is 11.2 Å². The van der Waals surface area contributed by atoms with E-state index in [4.69, 9.17) is 11.6 Å². The molecule has 0 atom stereocenters. The van der Waals surface area contributed by atoms with E-state index < -0.39 is 4.92 Å². The first kappa shape index (κ1) is 11.4. The summed E-state index contributed by atoms with van der Waals surface area (Å²) in [7, 11) is 0. The topological polar surface area (TPSA) is 55.2 Å². The van der Waals surface area contributed by atoms with E-state index in [1.54, 1.807) is 12.1 Å². The average Bonchev–Trinajstić information content (AvgIpc) is 2.95. The van der Waals surface area contributed by atoms with Gasteiger partial charge in [-0.3, -0.25) is 10.1 Å². The highest BCUT2D eigenvalue weighted by molar-refractivity contribution is 6.31. The number of rotatable bonds is 4. The van der Waals surface area contributed by atoms with Crippen LogP contribution in [0.2, 0.25) is 5.02 Å². The van der Waals surface area contributed by atoms with E-state index >= 15 is 0 Å². The van der Waals surface area contributed by atoms with Gasteiger partial charge in [-0.25, -0.2) is 0 Å². The van der Waals surface area contributed by atoms with E-state index in [9.17, 15) is 10.1 Å². The molecule has 86 valence electrons. The van der Waals surface area contributed by atoms with Gasteiger partial charge in [-0.05, 0) is 25.8 Å². The maximum Gasteiger partial charge on any atom is 0.275 e. The Balaban J connectivity index is 2.20. The molecule has 0 aromatic heterocycles. The number of nitro groups is 1. The van der Waals surface area contributed by atoms with Crippen molar-refractivity contribution in [2.24, 2.45) is 0 Å². The van der Waals surface area contributed by atoms with Gasteiger partial charge in [0.05, 0.1) is 15.5 Å². The second-order valence-electron chi connectivity index (χ2n) is 4.41. The van der Waals surface area contributed by atoms with Crippen LogP contribution < -0.4 is 5.32 Å². The van der Waals surface area contributed by atoms with Crippen LogP contribution in [0.3, 0.4) is 0 Å². The van der Waals surface area contributed by atoms with Crippen molar-refractivity contribution < 1.29 is 4.92 Å². The lowest BCUT2D eigenvalue weighted by Crippen LogP contribution is -2.27. The fourth-order valence-electron chi connectivity index (χ4n) is 1.56. The highest BCUT2D eigenvalue weighted by Crippen LogP contribution is 2.35. The van der Waals surface area contributed by atoms with E-state index in [2.05, 4.69) is 12.2 Å². The third-order valence-corrected chi connectivity index (χ3v) is 3.34. The molecule has 0 aliphatic heterocycles. The summed E-state index contributed by atoms with van der Waals surface area (Å²) in [4.78, 5) is 10.4. The first-order valence-electron chi connectivity index (χ1n) is 5.19. The van der Waals surface area contributed by atoms with Crippen LogP contribution in [-0.4, -0.2) is 10.5 Å². The maximum absolute atomic E-state index is 10.8. The molecule has 2 rings (SSSR count). The molecular formula is C11H13ClN2O2. The minimum absolute atomic E-state index is 0.0873. The molecule has 5 heteroatoms. The number of benzene rings is 1. The van der Waals surface area contributed by atoms with Crippen LogP contribution in [0.5, 0.6) is 0 Å². The summed E-state index contributed by atoms with van der Waals surface area (Å²) >= 11 is 5.98. The molecular weight excluding hydrogens is 228 g/mol. The first-order chi connectivity index (χ1) is 7.52. The van der Waals surface area contributed by atoms with Crippen molar-refractivity contribution in [3.8, 4) is 0 Å². The lowest BCUT2D eigenvalue weighted by molar-refractivity contribution is -0.385. The summed E-state index contributed by atoms with van der Waals surface area (Å²) in [6.07, 6.45) is 2.23. The predicted octanol–water partition coefficient (Wildman–Crippen LogP) is 2.89. The summed E-state index contributed by atoms with van der Waals surface area (Å²) in [6.45, 7) is 2.56. The van der Waals surface area contributed by atoms with Gasteiger partial charge in [-0.15, -0.1) is 0 Å². The summed E-state index contributed by atoms with van der Waals surface area (Å²) in [5, 5.41) is 14.6. The molecule has 0 radical (unpaired) electrons. The largest absolute Gasteiger partial charge is 0.307 e. The van der Waals surface area contributed by atoms with Crippen LogP contribution >= 0.6 is 11.6 Å². The molecule has 1 fully saturated rings. The number of hydrogen-bond acceptors (Lipinski definition) is 3. The van der Waals surface area contributed by atoms with Crippen LogP contribution in [0.15, 0.2) is 18.2 Å². The van der Waals surface area contributed by atoms with E-state index in [0.717, 1.165) is 12.8 Å². The van der Waals surface area contributed by atoms with E-state index in [1.165, 1.54) is 6.07 Å². The van der Waals surface area contributed by atoms with Gasteiger partial charge in [-0.2, -0.15) is 0 Å². The second-order valence-corrected chi connectivity index (χ2v) is 4.82. The van der Waals surface area contributed by atoms with Crippen molar-refractivity contribution in [2.75, 3.05) is 0 Å². The summed E-state index contributed by atoms with van der Waals surface area (Å²) < 4.78 is 0. The van der Waals surface area contributed by atoms with Crippen molar-refractivity contribution >= 4 is 17.3 Å². The lowest BCUT2D eigenvalue weighted by atomic mass is 10.1. The van der Waals surface area contributed by atoms with Gasteiger partial charge < -0.3 is 5.32 Å². The van der Waals surface area contributed by atoms with Crippen LogP contribution in [0.25, 0.3) is 0 Å². The predicted molar refractivity (Wildman–Crippen MR) is 62.6 cm³/mol. The van der Waals surface area contributed by atoms with Crippen LogP contribution in [-0.2, 0) is 6.54 Å². The molecule has 1 N–H and O–H groups in total.